The Kier molecular flexibility index (Phi) is 8.46. The number of rotatable bonds is 9. The van der Waals surface area contributed by atoms with E-state index < -0.39 is 17.8 Å². The van der Waals surface area contributed by atoms with Crippen LogP contribution < -0.4 is 15.5 Å². The van der Waals surface area contributed by atoms with Gasteiger partial charge in [-0.2, -0.15) is 0 Å². The van der Waals surface area contributed by atoms with Crippen molar-refractivity contribution in [3.8, 4) is 0 Å². The molecule has 1 aliphatic heterocycles. The number of esters is 1. The second-order valence-corrected chi connectivity index (χ2v) is 9.10. The summed E-state index contributed by atoms with van der Waals surface area (Å²) in [5.74, 6) is -2.21. The lowest BCUT2D eigenvalue weighted by molar-refractivity contribution is -0.120. The predicted molar refractivity (Wildman–Crippen MR) is 151 cm³/mol. The van der Waals surface area contributed by atoms with Crippen LogP contribution in [0.5, 0.6) is 0 Å². The predicted octanol–water partition coefficient (Wildman–Crippen LogP) is 5.68. The van der Waals surface area contributed by atoms with Crippen molar-refractivity contribution in [2.24, 2.45) is 0 Å². The van der Waals surface area contributed by atoms with E-state index in [2.05, 4.69) is 10.6 Å². The molecule has 8 nitrogen and oxygen atoms in total. The van der Waals surface area contributed by atoms with E-state index in [0.29, 0.717) is 11.3 Å². The number of halogens is 1. The molecule has 1 aliphatic rings. The van der Waals surface area contributed by atoms with Crippen LogP contribution in [0.1, 0.15) is 52.6 Å². The molecule has 0 saturated heterocycles. The lowest BCUT2D eigenvalue weighted by atomic mass is 10.0. The normalized spacial score (nSPS) is 13.1. The summed E-state index contributed by atoms with van der Waals surface area (Å²) in [5.41, 5.74) is 4.13. The number of amides is 3. The van der Waals surface area contributed by atoms with Crippen LogP contribution in [0.2, 0.25) is 0 Å². The van der Waals surface area contributed by atoms with Gasteiger partial charge in [-0.1, -0.05) is 49.7 Å². The molecule has 0 aliphatic carbocycles. The van der Waals surface area contributed by atoms with Crippen molar-refractivity contribution in [2.75, 3.05) is 22.1 Å². The van der Waals surface area contributed by atoms with Crippen LogP contribution in [-0.2, 0) is 27.2 Å². The van der Waals surface area contributed by atoms with Gasteiger partial charge in [0.2, 0.25) is 0 Å². The Morgan fingerprint density at radius 2 is 1.49 bits per heavy atom. The number of aryl methyl sites for hydroxylation is 2. The number of hydrogen-bond acceptors (Lipinski definition) is 6. The summed E-state index contributed by atoms with van der Waals surface area (Å²) in [6, 6.07) is 18.5. The van der Waals surface area contributed by atoms with Gasteiger partial charge in [-0.05, 0) is 73.4 Å². The summed E-state index contributed by atoms with van der Waals surface area (Å²) >= 11 is 6.25. The molecule has 0 atom stereocenters. The van der Waals surface area contributed by atoms with Gasteiger partial charge >= 0.3 is 5.97 Å². The van der Waals surface area contributed by atoms with Crippen molar-refractivity contribution >= 4 is 52.4 Å². The van der Waals surface area contributed by atoms with E-state index in [4.69, 9.17) is 16.3 Å². The van der Waals surface area contributed by atoms with Crippen molar-refractivity contribution < 1.29 is 23.9 Å². The van der Waals surface area contributed by atoms with Gasteiger partial charge in [-0.15, -0.1) is 0 Å². The van der Waals surface area contributed by atoms with Gasteiger partial charge in [0.05, 0.1) is 17.9 Å². The number of imide groups is 1. The molecule has 3 aromatic carbocycles. The maximum atomic E-state index is 13.2. The Morgan fingerprint density at radius 1 is 0.846 bits per heavy atom. The number of nitrogens with zero attached hydrogens (tertiary/aromatic N) is 1. The number of ether oxygens (including phenoxy) is 1. The summed E-state index contributed by atoms with van der Waals surface area (Å²) in [7, 11) is 0. The zero-order chi connectivity index (χ0) is 28.1. The number of nitrogens with one attached hydrogen (secondary N) is 2. The van der Waals surface area contributed by atoms with Crippen LogP contribution in [0.25, 0.3) is 0 Å². The van der Waals surface area contributed by atoms with Crippen molar-refractivity contribution in [1.82, 2.24) is 0 Å². The van der Waals surface area contributed by atoms with Gasteiger partial charge in [0.1, 0.15) is 10.7 Å². The Bertz CT molecular complexity index is 1460. The number of anilines is 3. The molecule has 0 unspecified atom stereocenters. The van der Waals surface area contributed by atoms with Crippen molar-refractivity contribution in [3.63, 3.8) is 0 Å². The van der Waals surface area contributed by atoms with Gasteiger partial charge in [-0.25, -0.2) is 9.69 Å². The van der Waals surface area contributed by atoms with Crippen LogP contribution >= 0.6 is 11.6 Å². The van der Waals surface area contributed by atoms with E-state index in [1.807, 2.05) is 32.0 Å². The molecule has 0 spiro atoms. The third-order valence-corrected chi connectivity index (χ3v) is 6.65. The molecular weight excluding hydrogens is 518 g/mol. The van der Waals surface area contributed by atoms with Crippen LogP contribution in [0.4, 0.5) is 17.1 Å². The van der Waals surface area contributed by atoms with Crippen LogP contribution in [0, 0.1) is 0 Å². The Morgan fingerprint density at radius 3 is 2.10 bits per heavy atom. The molecule has 0 bridgehead atoms. The molecule has 200 valence electrons. The number of carbonyl (C=O) groups is 4. The summed E-state index contributed by atoms with van der Waals surface area (Å²) in [6.07, 6.45) is 1.58. The molecule has 0 saturated carbocycles. The monoisotopic (exact) mass is 545 g/mol. The largest absolute Gasteiger partial charge is 0.462 e. The number of hydrogen-bond donors (Lipinski definition) is 2. The van der Waals surface area contributed by atoms with Crippen molar-refractivity contribution in [1.29, 1.82) is 0 Å². The van der Waals surface area contributed by atoms with Gasteiger partial charge in [0, 0.05) is 16.9 Å². The lowest BCUT2D eigenvalue weighted by Gasteiger charge is -2.16. The minimum atomic E-state index is -0.720. The molecule has 39 heavy (non-hydrogen) atoms. The average molecular weight is 546 g/mol. The number of para-hydroxylation sites is 1. The summed E-state index contributed by atoms with van der Waals surface area (Å²) < 4.78 is 5.00. The molecule has 3 aromatic rings. The second kappa shape index (κ2) is 12.0. The fourth-order valence-corrected chi connectivity index (χ4v) is 4.48. The minimum absolute atomic E-state index is 0.107. The molecule has 0 aromatic heterocycles. The van der Waals surface area contributed by atoms with Gasteiger partial charge < -0.3 is 15.4 Å². The van der Waals surface area contributed by atoms with E-state index in [-0.39, 0.29) is 34.5 Å². The van der Waals surface area contributed by atoms with E-state index in [1.54, 1.807) is 37.3 Å². The Labute approximate surface area is 231 Å². The summed E-state index contributed by atoms with van der Waals surface area (Å²) in [4.78, 5) is 52.0. The smallest absolute Gasteiger partial charge is 0.338 e. The zero-order valence-electron chi connectivity index (χ0n) is 21.8. The van der Waals surface area contributed by atoms with Crippen LogP contribution in [-0.4, -0.2) is 30.3 Å². The molecule has 3 amide bonds. The molecule has 1 heterocycles. The highest BCUT2D eigenvalue weighted by atomic mass is 35.5. The quantitative estimate of drug-likeness (QED) is 0.265. The first kappa shape index (κ1) is 27.6. The number of carbonyl (C=O) groups excluding carboxylic acids is 4. The highest BCUT2D eigenvalue weighted by Gasteiger charge is 2.39. The van der Waals surface area contributed by atoms with E-state index in [1.165, 1.54) is 18.2 Å². The first-order valence-electron chi connectivity index (χ1n) is 12.6. The third kappa shape index (κ3) is 5.71. The molecular formula is C30H28ClN3O5. The third-order valence-electron chi connectivity index (χ3n) is 6.30. The SMILES string of the molecule is CCOC(=O)c1cccc(N2C(=O)C(Cl)=C(Nc3ccc(C(=O)Nc4c(CC)cccc4CC)cc3)C2=O)c1. The summed E-state index contributed by atoms with van der Waals surface area (Å²) in [6.45, 7) is 5.96. The highest BCUT2D eigenvalue weighted by Crippen LogP contribution is 2.31. The second-order valence-electron chi connectivity index (χ2n) is 8.72. The fourth-order valence-electron chi connectivity index (χ4n) is 4.27. The maximum Gasteiger partial charge on any atom is 0.338 e. The van der Waals surface area contributed by atoms with E-state index in [9.17, 15) is 19.2 Å². The fraction of sp³-hybridized carbons (Fsp3) is 0.200. The zero-order valence-corrected chi connectivity index (χ0v) is 22.6. The average Bonchev–Trinajstić information content (AvgIpc) is 3.16. The van der Waals surface area contributed by atoms with Gasteiger partial charge in [0.25, 0.3) is 17.7 Å². The molecule has 0 fully saturated rings. The Hall–Kier alpha value is -4.43. The standard InChI is InChI=1S/C30H28ClN3O5/c1-4-18-9-7-10-19(5-2)25(18)33-27(35)20-13-15-22(16-14-20)32-26-24(31)28(36)34(29(26)37)23-12-8-11-21(17-23)30(38)39-6-3/h7-17,32H,4-6H2,1-3H3,(H,33,35). The van der Waals surface area contributed by atoms with Gasteiger partial charge in [0.15, 0.2) is 0 Å². The first-order valence-corrected chi connectivity index (χ1v) is 13.0. The molecule has 2 N–H and O–H groups in total. The molecule has 4 rings (SSSR count). The summed E-state index contributed by atoms with van der Waals surface area (Å²) in [5, 5.41) is 5.63. The first-order chi connectivity index (χ1) is 18.8. The topological polar surface area (TPSA) is 105 Å². The molecule has 9 heteroatoms. The minimum Gasteiger partial charge on any atom is -0.462 e. The lowest BCUT2D eigenvalue weighted by Crippen LogP contribution is -2.32. The van der Waals surface area contributed by atoms with Crippen molar-refractivity contribution in [2.45, 2.75) is 33.6 Å². The number of benzene rings is 3. The van der Waals surface area contributed by atoms with Crippen molar-refractivity contribution in [3.05, 3.63) is 99.7 Å². The van der Waals surface area contributed by atoms with Crippen LogP contribution in [0.3, 0.4) is 0 Å². The maximum absolute atomic E-state index is 13.2. The van der Waals surface area contributed by atoms with E-state index in [0.717, 1.165) is 34.6 Å². The van der Waals surface area contributed by atoms with Crippen LogP contribution in [0.15, 0.2) is 77.5 Å². The highest BCUT2D eigenvalue weighted by molar-refractivity contribution is 6.53. The van der Waals surface area contributed by atoms with E-state index >= 15 is 0 Å². The Balaban J connectivity index is 1.50. The van der Waals surface area contributed by atoms with Gasteiger partial charge in [-0.3, -0.25) is 14.4 Å². The molecule has 0 radical (unpaired) electrons.